The smallest absolute Gasteiger partial charge is 0.462 e. The molecular formula is C85H166O17P2. The topological polar surface area (TPSA) is 237 Å². The van der Waals surface area contributed by atoms with Crippen LogP contribution in [-0.2, 0) is 65.4 Å². The van der Waals surface area contributed by atoms with E-state index in [9.17, 15) is 43.2 Å². The molecule has 2 unspecified atom stereocenters. The van der Waals surface area contributed by atoms with Gasteiger partial charge >= 0.3 is 39.5 Å². The summed E-state index contributed by atoms with van der Waals surface area (Å²) in [4.78, 5) is 73.2. The summed E-state index contributed by atoms with van der Waals surface area (Å²) >= 11 is 0. The van der Waals surface area contributed by atoms with Gasteiger partial charge in [-0.05, 0) is 25.7 Å². The van der Waals surface area contributed by atoms with Crippen molar-refractivity contribution in [2.75, 3.05) is 39.6 Å². The van der Waals surface area contributed by atoms with E-state index >= 15 is 0 Å². The number of phosphoric acid groups is 2. The average molecular weight is 1520 g/mol. The number of hydrogen-bond donors (Lipinski definition) is 3. The molecule has 0 spiro atoms. The van der Waals surface area contributed by atoms with Gasteiger partial charge in [0.2, 0.25) is 0 Å². The molecule has 0 heterocycles. The minimum Gasteiger partial charge on any atom is -0.462 e. The van der Waals surface area contributed by atoms with Gasteiger partial charge < -0.3 is 33.8 Å². The van der Waals surface area contributed by atoms with Crippen molar-refractivity contribution in [2.24, 2.45) is 0 Å². The molecule has 104 heavy (non-hydrogen) atoms. The molecule has 5 atom stereocenters. The Morgan fingerprint density at radius 2 is 0.385 bits per heavy atom. The van der Waals surface area contributed by atoms with Crippen LogP contribution >= 0.6 is 15.6 Å². The van der Waals surface area contributed by atoms with Gasteiger partial charge in [-0.15, -0.1) is 0 Å². The van der Waals surface area contributed by atoms with Crippen LogP contribution in [0.2, 0.25) is 0 Å². The Morgan fingerprint density at radius 1 is 0.231 bits per heavy atom. The highest BCUT2D eigenvalue weighted by molar-refractivity contribution is 7.47. The van der Waals surface area contributed by atoms with Crippen molar-refractivity contribution in [3.8, 4) is 0 Å². The summed E-state index contributed by atoms with van der Waals surface area (Å²) in [6, 6.07) is 0. The zero-order valence-electron chi connectivity index (χ0n) is 68.0. The normalized spacial score (nSPS) is 13.7. The fourth-order valence-corrected chi connectivity index (χ4v) is 14.9. The van der Waals surface area contributed by atoms with Crippen molar-refractivity contribution in [2.45, 2.75) is 483 Å². The summed E-state index contributed by atoms with van der Waals surface area (Å²) in [6.45, 7) is 5.06. The summed E-state index contributed by atoms with van der Waals surface area (Å²) in [5.41, 5.74) is 0. The minimum absolute atomic E-state index is 0.109. The maximum absolute atomic E-state index is 13.1. The van der Waals surface area contributed by atoms with Gasteiger partial charge in [0.15, 0.2) is 12.2 Å². The predicted octanol–water partition coefficient (Wildman–Crippen LogP) is 26.1. The fraction of sp³-hybridized carbons (Fsp3) is 0.953. The Balaban J connectivity index is 5.23. The number of rotatable bonds is 86. The first-order chi connectivity index (χ1) is 50.7. The molecule has 0 aliphatic heterocycles. The van der Waals surface area contributed by atoms with Gasteiger partial charge in [-0.3, -0.25) is 37.3 Å². The number of aliphatic hydroxyl groups excluding tert-OH is 1. The largest absolute Gasteiger partial charge is 0.472 e. The van der Waals surface area contributed by atoms with Crippen molar-refractivity contribution in [3.63, 3.8) is 0 Å². The maximum atomic E-state index is 13.1. The second-order valence-electron chi connectivity index (χ2n) is 30.6. The van der Waals surface area contributed by atoms with E-state index in [1.165, 1.54) is 295 Å². The molecule has 3 N–H and O–H groups in total. The minimum atomic E-state index is -4.96. The Labute approximate surface area is 638 Å². The summed E-state index contributed by atoms with van der Waals surface area (Å²) in [5.74, 6) is -2.10. The lowest BCUT2D eigenvalue weighted by molar-refractivity contribution is -0.161. The quantitative estimate of drug-likeness (QED) is 0.0222. The van der Waals surface area contributed by atoms with Crippen molar-refractivity contribution in [1.82, 2.24) is 0 Å². The highest BCUT2D eigenvalue weighted by Crippen LogP contribution is 2.45. The summed E-state index contributed by atoms with van der Waals surface area (Å²) in [6.07, 6.45) is 73.5. The molecule has 0 saturated heterocycles. The Morgan fingerprint density at radius 3 is 0.567 bits per heavy atom. The van der Waals surface area contributed by atoms with Crippen LogP contribution in [0.15, 0.2) is 0 Å². The van der Waals surface area contributed by atoms with Gasteiger partial charge in [0.25, 0.3) is 0 Å². The van der Waals surface area contributed by atoms with Gasteiger partial charge in [0.05, 0.1) is 26.4 Å². The molecular weight excluding hydrogens is 1350 g/mol. The fourth-order valence-electron chi connectivity index (χ4n) is 13.3. The van der Waals surface area contributed by atoms with E-state index in [0.29, 0.717) is 25.7 Å². The summed E-state index contributed by atoms with van der Waals surface area (Å²) in [7, 11) is -9.92. The number of hydrogen-bond acceptors (Lipinski definition) is 15. The SMILES string of the molecule is CCCCCCCCCCCCCCCCCCCCCCCCC(=O)O[C@H](COC(=O)CCCCCCCCCCCCCCCCC)COP(=O)(O)OC[C@@H](O)COP(=O)(O)OC[C@@H](COC(=O)CCCCCCCCCCCCCCC)OC(=O)CCCCCCCCCCCCCCCC. The number of carbonyl (C=O) groups excluding carboxylic acids is 4. The van der Waals surface area contributed by atoms with E-state index in [1.807, 2.05) is 0 Å². The third-order valence-corrected chi connectivity index (χ3v) is 22.0. The van der Waals surface area contributed by atoms with Crippen molar-refractivity contribution < 1.29 is 80.2 Å². The molecule has 618 valence electrons. The number of carbonyl (C=O) groups is 4. The molecule has 0 radical (unpaired) electrons. The zero-order chi connectivity index (χ0) is 76.0. The second-order valence-corrected chi connectivity index (χ2v) is 33.5. The van der Waals surface area contributed by atoms with Crippen LogP contribution in [-0.4, -0.2) is 96.7 Å². The zero-order valence-corrected chi connectivity index (χ0v) is 69.8. The van der Waals surface area contributed by atoms with E-state index in [1.54, 1.807) is 0 Å². The molecule has 0 aliphatic carbocycles. The molecule has 0 aliphatic rings. The van der Waals surface area contributed by atoms with Crippen LogP contribution in [0.25, 0.3) is 0 Å². The lowest BCUT2D eigenvalue weighted by atomic mass is 10.0. The number of unbranched alkanes of at least 4 members (excludes halogenated alkanes) is 60. The molecule has 17 nitrogen and oxygen atoms in total. The van der Waals surface area contributed by atoms with E-state index in [-0.39, 0.29) is 25.7 Å². The average Bonchev–Trinajstić information content (AvgIpc) is 1.21. The Kier molecular flexibility index (Phi) is 77.7. The van der Waals surface area contributed by atoms with Gasteiger partial charge in [0.1, 0.15) is 19.3 Å². The maximum Gasteiger partial charge on any atom is 0.472 e. The number of phosphoric ester groups is 2. The van der Waals surface area contributed by atoms with Crippen molar-refractivity contribution in [3.05, 3.63) is 0 Å². The van der Waals surface area contributed by atoms with Crippen LogP contribution in [0, 0.1) is 0 Å². The first-order valence-electron chi connectivity index (χ1n) is 44.3. The summed E-state index contributed by atoms with van der Waals surface area (Å²) < 4.78 is 68.9. The molecule has 0 amide bonds. The highest BCUT2D eigenvalue weighted by atomic mass is 31.2. The van der Waals surface area contributed by atoms with Crippen molar-refractivity contribution in [1.29, 1.82) is 0 Å². The molecule has 0 saturated carbocycles. The Bertz CT molecular complexity index is 1960. The first kappa shape index (κ1) is 102. The van der Waals surface area contributed by atoms with Gasteiger partial charge in [-0.2, -0.15) is 0 Å². The first-order valence-corrected chi connectivity index (χ1v) is 47.3. The monoisotopic (exact) mass is 1520 g/mol. The third-order valence-electron chi connectivity index (χ3n) is 20.1. The van der Waals surface area contributed by atoms with E-state index in [0.717, 1.165) is 89.9 Å². The van der Waals surface area contributed by atoms with Crippen LogP contribution in [0.1, 0.15) is 464 Å². The van der Waals surface area contributed by atoms with Crippen LogP contribution in [0.5, 0.6) is 0 Å². The van der Waals surface area contributed by atoms with Crippen molar-refractivity contribution >= 4 is 39.5 Å². The van der Waals surface area contributed by atoms with Crippen LogP contribution in [0.3, 0.4) is 0 Å². The van der Waals surface area contributed by atoms with E-state index in [2.05, 4.69) is 27.7 Å². The van der Waals surface area contributed by atoms with E-state index < -0.39 is 97.5 Å². The molecule has 0 aromatic rings. The third kappa shape index (κ3) is 78.2. The van der Waals surface area contributed by atoms with Gasteiger partial charge in [-0.1, -0.05) is 413 Å². The van der Waals surface area contributed by atoms with Crippen LogP contribution < -0.4 is 0 Å². The van der Waals surface area contributed by atoms with Crippen LogP contribution in [0.4, 0.5) is 0 Å². The molecule has 19 heteroatoms. The molecule has 0 bridgehead atoms. The number of esters is 4. The standard InChI is InChI=1S/C85H166O17P2/c1-5-9-13-17-21-25-29-33-36-37-38-39-40-41-42-44-48-52-56-60-64-68-72-85(90)102-81(76-96-83(88)70-66-62-58-54-50-47-43-34-30-26-22-18-14-10-6-2)78-100-104(93,94)98-74-79(86)73-97-103(91,92)99-77-80(75-95-82(87)69-65-61-57-53-49-45-32-28-24-20-16-12-8-4)101-84(89)71-67-63-59-55-51-46-35-31-27-23-19-15-11-7-3/h79-81,86H,5-78H2,1-4H3,(H,91,92)(H,93,94)/t79-,80+,81+/m0/s1. The van der Waals surface area contributed by atoms with Gasteiger partial charge in [-0.25, -0.2) is 9.13 Å². The Hall–Kier alpha value is -1.94. The molecule has 0 aromatic heterocycles. The predicted molar refractivity (Wildman–Crippen MR) is 428 cm³/mol. The second kappa shape index (κ2) is 79.2. The number of aliphatic hydroxyl groups is 1. The summed E-state index contributed by atoms with van der Waals surface area (Å²) in [5, 5.41) is 10.7. The molecule has 0 aromatic carbocycles. The lowest BCUT2D eigenvalue weighted by Crippen LogP contribution is -2.30. The lowest BCUT2D eigenvalue weighted by Gasteiger charge is -2.21. The van der Waals surface area contributed by atoms with Gasteiger partial charge in [0, 0.05) is 25.7 Å². The number of ether oxygens (including phenoxy) is 4. The van der Waals surface area contributed by atoms with E-state index in [4.69, 9.17) is 37.0 Å². The highest BCUT2D eigenvalue weighted by Gasteiger charge is 2.30. The molecule has 0 rings (SSSR count). The molecule has 0 fully saturated rings.